The maximum atomic E-state index is 14.8. The number of halogens is 3. The SMILES string of the molecule is COc1ccc2c(O[C@@H]3C[C@H]4C(=O)N[C@]5(C(=O)NS(=O)(=O)C6(C)CC6)C[C@H]5/C=C\CC[C@@H](C)O[C@@H](C)[C@H](NC(=O)OC(C)(C)C(F)(F)F)C(=O)N4C3)nc3c(c2c1)CCCO3. The first-order chi connectivity index (χ1) is 28.6. The normalized spacial score (nSPS) is 29.6. The molecule has 2 aromatic rings. The van der Waals surface area contributed by atoms with Gasteiger partial charge in [-0.3, -0.25) is 19.1 Å². The van der Waals surface area contributed by atoms with Gasteiger partial charge in [0, 0.05) is 23.3 Å². The molecule has 20 heteroatoms. The molecule has 0 bridgehead atoms. The second-order valence-corrected chi connectivity index (χ2v) is 19.6. The molecular weight excluding hydrogens is 828 g/mol. The Bertz CT molecular complexity index is 2230. The Kier molecular flexibility index (Phi) is 11.7. The number of sulfonamides is 1. The molecule has 0 unspecified atom stereocenters. The number of rotatable bonds is 8. The van der Waals surface area contributed by atoms with E-state index in [0.717, 1.165) is 22.3 Å². The zero-order valence-electron chi connectivity index (χ0n) is 34.8. The van der Waals surface area contributed by atoms with Gasteiger partial charge in [0.1, 0.15) is 29.5 Å². The van der Waals surface area contributed by atoms with Crippen LogP contribution in [0.2, 0.25) is 0 Å². The standard InChI is InChI=1S/C41H52F3N5O11S/c1-22-10-7-8-11-24-20-40(24,36(52)48-61(54,55)39(5)15-16-39)47-32(50)30-19-26(59-34-28-14-13-25(56-6)18-29(28)27-12-9-17-57-33(27)46-34)21-49(30)35(51)31(23(2)58-22)45-37(53)60-38(3,4)41(42,43)44/h8,11,13-14,18,22-24,26,30-31H,7,9-10,12,15-17,19-21H2,1-6H3,(H,45,53)(H,47,50)(H,48,52)/b11-8-/t22-,23+,24-,26-,30+,31+,40-/m1/s1. The summed E-state index contributed by atoms with van der Waals surface area (Å²) in [6.45, 7) is 6.17. The van der Waals surface area contributed by atoms with Gasteiger partial charge in [-0.1, -0.05) is 12.2 Å². The van der Waals surface area contributed by atoms with Crippen LogP contribution in [-0.4, -0.2) is 115 Å². The zero-order chi connectivity index (χ0) is 44.3. The van der Waals surface area contributed by atoms with Gasteiger partial charge in [-0.2, -0.15) is 18.2 Å². The van der Waals surface area contributed by atoms with Crippen LogP contribution in [0.4, 0.5) is 18.0 Å². The number of fused-ring (bicyclic) bond motifs is 5. The summed E-state index contributed by atoms with van der Waals surface area (Å²) in [5, 5.41) is 6.42. The molecule has 7 atom stereocenters. The molecule has 3 N–H and O–H groups in total. The quantitative estimate of drug-likeness (QED) is 0.317. The highest BCUT2D eigenvalue weighted by Gasteiger charge is 2.63. The Morgan fingerprint density at radius 1 is 1.11 bits per heavy atom. The lowest BCUT2D eigenvalue weighted by Gasteiger charge is -2.34. The Labute approximate surface area is 351 Å². The van der Waals surface area contributed by atoms with Crippen molar-refractivity contribution >= 4 is 44.6 Å². The van der Waals surface area contributed by atoms with Gasteiger partial charge in [0.15, 0.2) is 0 Å². The van der Waals surface area contributed by atoms with E-state index in [1.165, 1.54) is 21.0 Å². The molecule has 1 aromatic heterocycles. The van der Waals surface area contributed by atoms with Crippen LogP contribution in [-0.2, 0) is 40.3 Å². The summed E-state index contributed by atoms with van der Waals surface area (Å²) in [5.74, 6) is -2.18. The van der Waals surface area contributed by atoms with Gasteiger partial charge >= 0.3 is 12.3 Å². The third-order valence-electron chi connectivity index (χ3n) is 12.4. The van der Waals surface area contributed by atoms with E-state index in [1.54, 1.807) is 31.2 Å². The van der Waals surface area contributed by atoms with Crippen LogP contribution in [0, 0.1) is 5.92 Å². The number of allylic oxidation sites excluding steroid dienone is 1. The van der Waals surface area contributed by atoms with Gasteiger partial charge in [-0.15, -0.1) is 0 Å². The average Bonchev–Trinajstić information content (AvgIpc) is 4.07. The minimum absolute atomic E-state index is 0.0660. The van der Waals surface area contributed by atoms with Gasteiger partial charge < -0.3 is 39.2 Å². The molecule has 3 fully saturated rings. The fraction of sp³-hybridized carbons (Fsp3) is 0.634. The van der Waals surface area contributed by atoms with Crippen molar-refractivity contribution in [3.8, 4) is 17.5 Å². The first-order valence-electron chi connectivity index (χ1n) is 20.5. The summed E-state index contributed by atoms with van der Waals surface area (Å²) in [7, 11) is -2.57. The number of ether oxygens (including phenoxy) is 5. The molecule has 2 saturated carbocycles. The number of aromatic nitrogens is 1. The highest BCUT2D eigenvalue weighted by molar-refractivity contribution is 7.91. The molecule has 0 radical (unpaired) electrons. The van der Waals surface area contributed by atoms with Crippen LogP contribution in [0.3, 0.4) is 0 Å². The van der Waals surface area contributed by atoms with Crippen LogP contribution in [0.5, 0.6) is 17.5 Å². The molecular formula is C41H52F3N5O11S. The number of pyridine rings is 1. The van der Waals surface area contributed by atoms with Crippen LogP contribution >= 0.6 is 0 Å². The smallest absolute Gasteiger partial charge is 0.427 e. The number of carbonyl (C=O) groups is 4. The number of nitrogens with one attached hydrogen (secondary N) is 3. The highest BCUT2D eigenvalue weighted by atomic mass is 32.2. The molecule has 3 aliphatic heterocycles. The maximum absolute atomic E-state index is 14.8. The Morgan fingerprint density at radius 2 is 1.85 bits per heavy atom. The van der Waals surface area contributed by atoms with Crippen LogP contribution in [0.25, 0.3) is 10.8 Å². The van der Waals surface area contributed by atoms with E-state index < -0.39 is 92.2 Å². The number of carbonyl (C=O) groups excluding carboxylic acids is 4. The van der Waals surface area contributed by atoms with Crippen molar-refractivity contribution < 1.29 is 64.5 Å². The van der Waals surface area contributed by atoms with E-state index in [1.807, 2.05) is 6.07 Å². The van der Waals surface area contributed by atoms with Crippen molar-refractivity contribution in [3.05, 3.63) is 35.9 Å². The highest BCUT2D eigenvalue weighted by Crippen LogP contribution is 2.48. The second-order valence-electron chi connectivity index (χ2n) is 17.4. The van der Waals surface area contributed by atoms with Crippen molar-refractivity contribution in [1.82, 2.24) is 25.2 Å². The van der Waals surface area contributed by atoms with E-state index in [4.69, 9.17) is 23.7 Å². The second kappa shape index (κ2) is 16.1. The third-order valence-corrected chi connectivity index (χ3v) is 14.5. The van der Waals surface area contributed by atoms with Crippen molar-refractivity contribution in [3.63, 3.8) is 0 Å². The van der Waals surface area contributed by atoms with Crippen molar-refractivity contribution in [2.75, 3.05) is 20.3 Å². The number of nitrogens with zero attached hydrogens (tertiary/aromatic N) is 2. The van der Waals surface area contributed by atoms with E-state index in [2.05, 4.69) is 20.3 Å². The fourth-order valence-electron chi connectivity index (χ4n) is 8.00. The molecule has 4 amide bonds. The summed E-state index contributed by atoms with van der Waals surface area (Å²) >= 11 is 0. The number of methoxy groups -OCH3 is 1. The maximum Gasteiger partial charge on any atom is 0.427 e. The van der Waals surface area contributed by atoms with E-state index >= 15 is 0 Å². The Hall–Kier alpha value is -4.85. The van der Waals surface area contributed by atoms with Crippen LogP contribution in [0.15, 0.2) is 30.4 Å². The van der Waals surface area contributed by atoms with E-state index in [9.17, 15) is 40.8 Å². The Balaban J connectivity index is 1.25. The number of amides is 4. The third kappa shape index (κ3) is 8.79. The van der Waals surface area contributed by atoms with Crippen molar-refractivity contribution in [2.45, 2.75) is 138 Å². The first-order valence-corrected chi connectivity index (χ1v) is 21.9. The van der Waals surface area contributed by atoms with E-state index in [0.29, 0.717) is 69.6 Å². The molecule has 0 spiro atoms. The van der Waals surface area contributed by atoms with E-state index in [-0.39, 0.29) is 25.3 Å². The molecule has 7 rings (SSSR count). The molecule has 1 aromatic carbocycles. The monoisotopic (exact) mass is 879 g/mol. The number of benzene rings is 1. The van der Waals surface area contributed by atoms with Crippen LogP contribution < -0.4 is 29.6 Å². The number of aryl methyl sites for hydroxylation is 1. The summed E-state index contributed by atoms with van der Waals surface area (Å²) in [6, 6.07) is 2.26. The largest absolute Gasteiger partial charge is 0.497 e. The van der Waals surface area contributed by atoms with Gasteiger partial charge in [-0.25, -0.2) is 13.2 Å². The topological polar surface area (TPSA) is 201 Å². The average molecular weight is 880 g/mol. The zero-order valence-corrected chi connectivity index (χ0v) is 35.7. The minimum atomic E-state index is -4.95. The van der Waals surface area contributed by atoms with Gasteiger partial charge in [0.2, 0.25) is 39.2 Å². The van der Waals surface area contributed by atoms with Gasteiger partial charge in [0.25, 0.3) is 5.91 Å². The molecule has 334 valence electrons. The predicted molar refractivity (Wildman–Crippen MR) is 212 cm³/mol. The lowest BCUT2D eigenvalue weighted by molar-refractivity contribution is -0.244. The number of alkyl halides is 3. The summed E-state index contributed by atoms with van der Waals surface area (Å²) in [5.41, 5.74) is -3.77. The molecule has 61 heavy (non-hydrogen) atoms. The number of alkyl carbamates (subject to hydrolysis) is 1. The van der Waals surface area contributed by atoms with Gasteiger partial charge in [-0.05, 0) is 103 Å². The fourth-order valence-corrected chi connectivity index (χ4v) is 9.31. The summed E-state index contributed by atoms with van der Waals surface area (Å²) in [6.07, 6.45) is -2.77. The minimum Gasteiger partial charge on any atom is -0.497 e. The van der Waals surface area contributed by atoms with Crippen molar-refractivity contribution in [2.24, 2.45) is 5.92 Å². The lowest BCUT2D eigenvalue weighted by Crippen LogP contribution is -2.60. The number of hydrogen-bond acceptors (Lipinski definition) is 12. The first kappa shape index (κ1) is 44.2. The summed E-state index contributed by atoms with van der Waals surface area (Å²) in [4.78, 5) is 62.3. The predicted octanol–water partition coefficient (Wildman–Crippen LogP) is 4.37. The molecule has 5 aliphatic rings. The number of hydrogen-bond donors (Lipinski definition) is 3. The van der Waals surface area contributed by atoms with Crippen molar-refractivity contribution in [1.29, 1.82) is 0 Å². The molecule has 16 nitrogen and oxygen atoms in total. The lowest BCUT2D eigenvalue weighted by atomic mass is 10.0. The molecule has 1 saturated heterocycles. The van der Waals surface area contributed by atoms with Crippen LogP contribution in [0.1, 0.15) is 85.1 Å². The Morgan fingerprint density at radius 3 is 2.54 bits per heavy atom. The summed E-state index contributed by atoms with van der Waals surface area (Å²) < 4.78 is 97.7. The van der Waals surface area contributed by atoms with Gasteiger partial charge in [0.05, 0.1) is 37.2 Å². The molecule has 2 aliphatic carbocycles. The molecule has 4 heterocycles.